The topological polar surface area (TPSA) is 66.8 Å². The lowest BCUT2D eigenvalue weighted by atomic mass is 9.79. The number of carbonyl (C=O) groups excluding carboxylic acids is 1. The van der Waals surface area contributed by atoms with Crippen LogP contribution in [-0.2, 0) is 14.3 Å². The second-order valence-electron chi connectivity index (χ2n) is 5.71. The van der Waals surface area contributed by atoms with Crippen molar-refractivity contribution in [3.05, 3.63) is 0 Å². The standard InChI is InChI=1S/C14H23NO4/c1-15(12(16)11-6-5-9-19-10-11)14(13(17)18)7-3-2-4-8-14/h11H,2-10H2,1H3,(H,17,18). The van der Waals surface area contributed by atoms with E-state index in [2.05, 4.69) is 0 Å². The van der Waals surface area contributed by atoms with Crippen molar-refractivity contribution in [1.29, 1.82) is 0 Å². The molecule has 0 aromatic carbocycles. The number of carbonyl (C=O) groups is 2. The molecule has 1 aliphatic heterocycles. The molecule has 0 aromatic rings. The molecular weight excluding hydrogens is 246 g/mol. The third-order valence-corrected chi connectivity index (χ3v) is 4.56. The average Bonchev–Trinajstić information content (AvgIpc) is 2.47. The van der Waals surface area contributed by atoms with E-state index in [0.29, 0.717) is 26.1 Å². The van der Waals surface area contributed by atoms with Gasteiger partial charge in [0, 0.05) is 13.7 Å². The van der Waals surface area contributed by atoms with Gasteiger partial charge >= 0.3 is 5.97 Å². The van der Waals surface area contributed by atoms with Gasteiger partial charge in [0.25, 0.3) is 0 Å². The molecule has 2 rings (SSSR count). The molecule has 5 nitrogen and oxygen atoms in total. The monoisotopic (exact) mass is 269 g/mol. The Kier molecular flexibility index (Phi) is 4.45. The molecule has 108 valence electrons. The molecule has 1 amide bonds. The maximum absolute atomic E-state index is 12.5. The molecule has 1 unspecified atom stereocenters. The van der Waals surface area contributed by atoms with Crippen LogP contribution in [0.2, 0.25) is 0 Å². The Hall–Kier alpha value is -1.10. The number of hydrogen-bond acceptors (Lipinski definition) is 3. The van der Waals surface area contributed by atoms with Gasteiger partial charge in [-0.3, -0.25) is 4.79 Å². The van der Waals surface area contributed by atoms with Crippen molar-refractivity contribution in [3.63, 3.8) is 0 Å². The molecule has 1 aliphatic carbocycles. The molecular formula is C14H23NO4. The molecule has 5 heteroatoms. The van der Waals surface area contributed by atoms with Crippen LogP contribution in [0.15, 0.2) is 0 Å². The maximum Gasteiger partial charge on any atom is 0.329 e. The number of rotatable bonds is 3. The SMILES string of the molecule is CN(C(=O)C1CCCOC1)C1(C(=O)O)CCCCC1. The molecule has 0 aromatic heterocycles. The van der Waals surface area contributed by atoms with Gasteiger partial charge in [0.05, 0.1) is 12.5 Å². The summed E-state index contributed by atoms with van der Waals surface area (Å²) in [6.45, 7) is 1.14. The Morgan fingerprint density at radius 3 is 2.42 bits per heavy atom. The van der Waals surface area contributed by atoms with Gasteiger partial charge in [0.1, 0.15) is 5.54 Å². The van der Waals surface area contributed by atoms with E-state index in [1.165, 1.54) is 4.90 Å². The number of amides is 1. The molecule has 1 N–H and O–H groups in total. The molecule has 1 saturated carbocycles. The number of hydrogen-bond donors (Lipinski definition) is 1. The second-order valence-corrected chi connectivity index (χ2v) is 5.71. The van der Waals surface area contributed by atoms with E-state index in [1.807, 2.05) is 0 Å². The third-order valence-electron chi connectivity index (χ3n) is 4.56. The van der Waals surface area contributed by atoms with Crippen LogP contribution < -0.4 is 0 Å². The van der Waals surface area contributed by atoms with Gasteiger partial charge in [-0.25, -0.2) is 4.79 Å². The Labute approximate surface area is 113 Å². The minimum atomic E-state index is -0.993. The summed E-state index contributed by atoms with van der Waals surface area (Å²) in [5, 5.41) is 9.58. The Balaban J connectivity index is 2.12. The third kappa shape index (κ3) is 2.76. The fraction of sp³-hybridized carbons (Fsp3) is 0.857. The highest BCUT2D eigenvalue weighted by molar-refractivity contribution is 5.88. The first-order valence-corrected chi connectivity index (χ1v) is 7.17. The first kappa shape index (κ1) is 14.3. The van der Waals surface area contributed by atoms with Gasteiger partial charge < -0.3 is 14.7 Å². The molecule has 0 spiro atoms. The Bertz CT molecular complexity index is 343. The van der Waals surface area contributed by atoms with Gasteiger partial charge in [-0.2, -0.15) is 0 Å². The number of carboxylic acid groups (broad SMARTS) is 1. The van der Waals surface area contributed by atoms with Crippen molar-refractivity contribution in [1.82, 2.24) is 4.90 Å². The van der Waals surface area contributed by atoms with E-state index in [9.17, 15) is 14.7 Å². The first-order valence-electron chi connectivity index (χ1n) is 7.17. The van der Waals surface area contributed by atoms with E-state index in [0.717, 1.165) is 32.1 Å². The zero-order chi connectivity index (χ0) is 13.9. The molecule has 19 heavy (non-hydrogen) atoms. The second kappa shape index (κ2) is 5.90. The smallest absolute Gasteiger partial charge is 0.329 e. The van der Waals surface area contributed by atoms with Crippen LogP contribution in [0.4, 0.5) is 0 Å². The van der Waals surface area contributed by atoms with Crippen LogP contribution in [-0.4, -0.2) is 47.7 Å². The molecule has 1 heterocycles. The number of nitrogens with zero attached hydrogens (tertiary/aromatic N) is 1. The van der Waals surface area contributed by atoms with Crippen LogP contribution in [0.3, 0.4) is 0 Å². The maximum atomic E-state index is 12.5. The molecule has 2 fully saturated rings. The summed E-state index contributed by atoms with van der Waals surface area (Å²) in [4.78, 5) is 25.7. The number of aliphatic carboxylic acids is 1. The fourth-order valence-electron chi connectivity index (χ4n) is 3.25. The zero-order valence-corrected chi connectivity index (χ0v) is 11.6. The molecule has 1 saturated heterocycles. The largest absolute Gasteiger partial charge is 0.479 e. The summed E-state index contributed by atoms with van der Waals surface area (Å²) in [5.41, 5.74) is -0.993. The van der Waals surface area contributed by atoms with Gasteiger partial charge in [-0.1, -0.05) is 19.3 Å². The summed E-state index contributed by atoms with van der Waals surface area (Å²) in [6.07, 6.45) is 5.64. The minimum absolute atomic E-state index is 0.0657. The summed E-state index contributed by atoms with van der Waals surface area (Å²) in [6, 6.07) is 0. The molecule has 0 bridgehead atoms. The van der Waals surface area contributed by atoms with E-state index in [4.69, 9.17) is 4.74 Å². The quantitative estimate of drug-likeness (QED) is 0.846. The zero-order valence-electron chi connectivity index (χ0n) is 11.6. The van der Waals surface area contributed by atoms with Crippen molar-refractivity contribution in [3.8, 4) is 0 Å². The van der Waals surface area contributed by atoms with Crippen molar-refractivity contribution < 1.29 is 19.4 Å². The highest BCUT2D eigenvalue weighted by atomic mass is 16.5. The predicted molar refractivity (Wildman–Crippen MR) is 69.8 cm³/mol. The predicted octanol–water partition coefficient (Wildman–Crippen LogP) is 1.66. The van der Waals surface area contributed by atoms with Gasteiger partial charge in [0.15, 0.2) is 0 Å². The Morgan fingerprint density at radius 1 is 1.21 bits per heavy atom. The van der Waals surface area contributed by atoms with Crippen LogP contribution in [0, 0.1) is 5.92 Å². The number of carboxylic acids is 1. The lowest BCUT2D eigenvalue weighted by Gasteiger charge is -2.42. The van der Waals surface area contributed by atoms with Gasteiger partial charge in [0.2, 0.25) is 5.91 Å². The van der Waals surface area contributed by atoms with E-state index in [1.54, 1.807) is 7.05 Å². The highest BCUT2D eigenvalue weighted by Crippen LogP contribution is 2.34. The van der Waals surface area contributed by atoms with Crippen LogP contribution in [0.25, 0.3) is 0 Å². The van der Waals surface area contributed by atoms with Crippen LogP contribution in [0.1, 0.15) is 44.9 Å². The van der Waals surface area contributed by atoms with Crippen molar-refractivity contribution >= 4 is 11.9 Å². The summed E-state index contributed by atoms with van der Waals surface area (Å²) in [7, 11) is 1.65. The summed E-state index contributed by atoms with van der Waals surface area (Å²) in [5.74, 6) is -1.10. The minimum Gasteiger partial charge on any atom is -0.479 e. The van der Waals surface area contributed by atoms with Gasteiger partial charge in [-0.15, -0.1) is 0 Å². The van der Waals surface area contributed by atoms with Gasteiger partial charge in [-0.05, 0) is 25.7 Å². The summed E-state index contributed by atoms with van der Waals surface area (Å²) >= 11 is 0. The normalized spacial score (nSPS) is 26.7. The fourth-order valence-corrected chi connectivity index (χ4v) is 3.25. The van der Waals surface area contributed by atoms with Crippen molar-refractivity contribution in [2.45, 2.75) is 50.5 Å². The summed E-state index contributed by atoms with van der Waals surface area (Å²) < 4.78 is 5.34. The first-order chi connectivity index (χ1) is 9.08. The van der Waals surface area contributed by atoms with Crippen molar-refractivity contribution in [2.24, 2.45) is 5.92 Å². The lowest BCUT2D eigenvalue weighted by Crippen LogP contribution is -2.58. The van der Waals surface area contributed by atoms with Crippen LogP contribution >= 0.6 is 0 Å². The molecule has 0 radical (unpaired) electrons. The number of ether oxygens (including phenoxy) is 1. The number of likely N-dealkylation sites (N-methyl/N-ethyl adjacent to an activating group) is 1. The lowest BCUT2D eigenvalue weighted by molar-refractivity contribution is -0.163. The van der Waals surface area contributed by atoms with E-state index >= 15 is 0 Å². The Morgan fingerprint density at radius 2 is 1.89 bits per heavy atom. The van der Waals surface area contributed by atoms with E-state index in [-0.39, 0.29) is 11.8 Å². The van der Waals surface area contributed by atoms with Crippen LogP contribution in [0.5, 0.6) is 0 Å². The average molecular weight is 269 g/mol. The van der Waals surface area contributed by atoms with Crippen molar-refractivity contribution in [2.75, 3.05) is 20.3 Å². The molecule has 2 aliphatic rings. The highest BCUT2D eigenvalue weighted by Gasteiger charge is 2.46. The van der Waals surface area contributed by atoms with E-state index < -0.39 is 11.5 Å². The molecule has 1 atom stereocenters.